The molecule has 0 heterocycles. The first-order valence-corrected chi connectivity index (χ1v) is 8.56. The molecule has 6 nitrogen and oxygen atoms in total. The third kappa shape index (κ3) is 3.96. The fraction of sp³-hybridized carbons (Fsp3) is 0.0909. The largest absolute Gasteiger partial charge is 0.493 e. The van der Waals surface area contributed by atoms with Crippen LogP contribution < -0.4 is 20.5 Å². The van der Waals surface area contributed by atoms with Gasteiger partial charge < -0.3 is 20.5 Å². The van der Waals surface area contributed by atoms with Gasteiger partial charge >= 0.3 is 0 Å². The van der Waals surface area contributed by atoms with Gasteiger partial charge in [-0.1, -0.05) is 42.5 Å². The Morgan fingerprint density at radius 2 is 1.39 bits per heavy atom. The van der Waals surface area contributed by atoms with Crippen molar-refractivity contribution >= 4 is 17.5 Å². The molecule has 0 unspecified atom stereocenters. The first kappa shape index (κ1) is 19.0. The van der Waals surface area contributed by atoms with Gasteiger partial charge in [0, 0.05) is 11.6 Å². The molecule has 3 aromatic rings. The van der Waals surface area contributed by atoms with Crippen LogP contribution in [0.25, 0.3) is 11.1 Å². The standard InChI is InChI=1S/C22H20N2O4/c1-27-19-12-17(21(23)25)18(13-20(19)28-2)24-22(26)16-10-8-15(9-11-16)14-6-4-3-5-7-14/h3-13H,1-2H3,(H2,23,25)(H,24,26). The molecule has 2 amide bonds. The Morgan fingerprint density at radius 1 is 0.821 bits per heavy atom. The van der Waals surface area contributed by atoms with E-state index < -0.39 is 5.91 Å². The van der Waals surface area contributed by atoms with E-state index in [2.05, 4.69) is 5.32 Å². The van der Waals surface area contributed by atoms with E-state index in [1.807, 2.05) is 42.5 Å². The summed E-state index contributed by atoms with van der Waals surface area (Å²) in [7, 11) is 2.92. The molecule has 0 saturated heterocycles. The van der Waals surface area contributed by atoms with Crippen LogP contribution in [0.4, 0.5) is 5.69 Å². The second-order valence-corrected chi connectivity index (χ2v) is 6.01. The van der Waals surface area contributed by atoms with E-state index in [0.29, 0.717) is 17.1 Å². The number of anilines is 1. The minimum atomic E-state index is -0.685. The summed E-state index contributed by atoms with van der Waals surface area (Å²) in [5.74, 6) is -0.325. The Morgan fingerprint density at radius 3 is 1.96 bits per heavy atom. The topological polar surface area (TPSA) is 90.6 Å². The van der Waals surface area contributed by atoms with Crippen molar-refractivity contribution in [1.29, 1.82) is 0 Å². The molecule has 0 aliphatic carbocycles. The van der Waals surface area contributed by atoms with E-state index in [1.54, 1.807) is 12.1 Å². The zero-order chi connectivity index (χ0) is 20.1. The average molecular weight is 376 g/mol. The number of hydrogen-bond acceptors (Lipinski definition) is 4. The molecular weight excluding hydrogens is 356 g/mol. The monoisotopic (exact) mass is 376 g/mol. The Labute approximate surface area is 162 Å². The normalized spacial score (nSPS) is 10.2. The zero-order valence-corrected chi connectivity index (χ0v) is 15.6. The third-order valence-electron chi connectivity index (χ3n) is 4.29. The Hall–Kier alpha value is -3.80. The number of carbonyl (C=O) groups excluding carboxylic acids is 2. The van der Waals surface area contributed by atoms with Gasteiger partial charge in [0.1, 0.15) is 0 Å². The van der Waals surface area contributed by atoms with Crippen molar-refractivity contribution in [3.8, 4) is 22.6 Å². The van der Waals surface area contributed by atoms with Gasteiger partial charge in [-0.3, -0.25) is 9.59 Å². The molecule has 0 atom stereocenters. The molecule has 0 aromatic heterocycles. The highest BCUT2D eigenvalue weighted by Gasteiger charge is 2.17. The summed E-state index contributed by atoms with van der Waals surface area (Å²) in [5, 5.41) is 2.72. The van der Waals surface area contributed by atoms with Crippen molar-refractivity contribution in [2.24, 2.45) is 5.73 Å². The van der Waals surface area contributed by atoms with Crippen molar-refractivity contribution in [3.63, 3.8) is 0 Å². The lowest BCUT2D eigenvalue weighted by Crippen LogP contribution is -2.18. The predicted molar refractivity (Wildman–Crippen MR) is 108 cm³/mol. The van der Waals surface area contributed by atoms with Gasteiger partial charge in [-0.05, 0) is 29.3 Å². The fourth-order valence-corrected chi connectivity index (χ4v) is 2.83. The quantitative estimate of drug-likeness (QED) is 0.686. The first-order valence-electron chi connectivity index (χ1n) is 8.56. The van der Waals surface area contributed by atoms with Crippen molar-refractivity contribution in [1.82, 2.24) is 0 Å². The molecule has 0 bridgehead atoms. The van der Waals surface area contributed by atoms with Crippen LogP contribution in [0.5, 0.6) is 11.5 Å². The van der Waals surface area contributed by atoms with Crippen LogP contribution in [0.15, 0.2) is 66.7 Å². The van der Waals surface area contributed by atoms with Crippen LogP contribution in [0, 0.1) is 0 Å². The summed E-state index contributed by atoms with van der Waals surface area (Å²) in [6.45, 7) is 0. The predicted octanol–water partition coefficient (Wildman–Crippen LogP) is 3.72. The number of hydrogen-bond donors (Lipinski definition) is 2. The van der Waals surface area contributed by atoms with E-state index in [-0.39, 0.29) is 17.2 Å². The maximum atomic E-state index is 12.7. The molecule has 6 heteroatoms. The molecule has 3 rings (SSSR count). The van der Waals surface area contributed by atoms with Crippen LogP contribution in [0.1, 0.15) is 20.7 Å². The summed E-state index contributed by atoms with van der Waals surface area (Å²) in [4.78, 5) is 24.4. The molecule has 142 valence electrons. The number of ether oxygens (including phenoxy) is 2. The van der Waals surface area contributed by atoms with Gasteiger partial charge in [0.25, 0.3) is 11.8 Å². The molecule has 0 aliphatic heterocycles. The number of methoxy groups -OCH3 is 2. The molecule has 3 aromatic carbocycles. The minimum absolute atomic E-state index is 0.131. The summed E-state index contributed by atoms with van der Waals surface area (Å²) < 4.78 is 10.4. The number of nitrogens with two attached hydrogens (primary N) is 1. The SMILES string of the molecule is COc1cc(NC(=O)c2ccc(-c3ccccc3)cc2)c(C(N)=O)cc1OC. The molecular formula is C22H20N2O4. The fourth-order valence-electron chi connectivity index (χ4n) is 2.83. The number of primary amides is 1. The molecule has 0 radical (unpaired) electrons. The van der Waals surface area contributed by atoms with Crippen LogP contribution in [-0.2, 0) is 0 Å². The average Bonchev–Trinajstić information content (AvgIpc) is 2.73. The van der Waals surface area contributed by atoms with E-state index in [0.717, 1.165) is 11.1 Å². The van der Waals surface area contributed by atoms with Gasteiger partial charge in [-0.2, -0.15) is 0 Å². The smallest absolute Gasteiger partial charge is 0.255 e. The Kier molecular flexibility index (Phi) is 5.60. The number of amides is 2. The van der Waals surface area contributed by atoms with Crippen LogP contribution in [0.2, 0.25) is 0 Å². The summed E-state index contributed by atoms with van der Waals surface area (Å²) in [5.41, 5.74) is 8.34. The maximum absolute atomic E-state index is 12.7. The van der Waals surface area contributed by atoms with Crippen molar-refractivity contribution in [2.45, 2.75) is 0 Å². The lowest BCUT2D eigenvalue weighted by molar-refractivity contribution is 0.100. The summed E-state index contributed by atoms with van der Waals surface area (Å²) in [6.07, 6.45) is 0. The van der Waals surface area contributed by atoms with E-state index in [1.165, 1.54) is 26.4 Å². The van der Waals surface area contributed by atoms with E-state index in [4.69, 9.17) is 15.2 Å². The lowest BCUT2D eigenvalue weighted by Gasteiger charge is -2.14. The van der Waals surface area contributed by atoms with E-state index >= 15 is 0 Å². The lowest BCUT2D eigenvalue weighted by atomic mass is 10.0. The maximum Gasteiger partial charge on any atom is 0.255 e. The van der Waals surface area contributed by atoms with Crippen molar-refractivity contribution < 1.29 is 19.1 Å². The molecule has 28 heavy (non-hydrogen) atoms. The number of carbonyl (C=O) groups is 2. The highest BCUT2D eigenvalue weighted by Crippen LogP contribution is 2.33. The minimum Gasteiger partial charge on any atom is -0.493 e. The number of benzene rings is 3. The Balaban J connectivity index is 1.87. The zero-order valence-electron chi connectivity index (χ0n) is 15.6. The van der Waals surface area contributed by atoms with Crippen LogP contribution in [-0.4, -0.2) is 26.0 Å². The van der Waals surface area contributed by atoms with Gasteiger partial charge in [-0.15, -0.1) is 0 Å². The molecule has 0 spiro atoms. The molecule has 3 N–H and O–H groups in total. The highest BCUT2D eigenvalue weighted by atomic mass is 16.5. The van der Waals surface area contributed by atoms with Gasteiger partial charge in [0.15, 0.2) is 11.5 Å². The van der Waals surface area contributed by atoms with Crippen LogP contribution in [0.3, 0.4) is 0 Å². The van der Waals surface area contributed by atoms with Gasteiger partial charge in [0.05, 0.1) is 25.5 Å². The highest BCUT2D eigenvalue weighted by molar-refractivity contribution is 6.09. The van der Waals surface area contributed by atoms with Gasteiger partial charge in [-0.25, -0.2) is 0 Å². The second kappa shape index (κ2) is 8.26. The Bertz CT molecular complexity index is 999. The molecule has 0 fully saturated rings. The first-order chi connectivity index (χ1) is 13.5. The third-order valence-corrected chi connectivity index (χ3v) is 4.29. The summed E-state index contributed by atoms with van der Waals surface area (Å²) in [6, 6.07) is 20.0. The summed E-state index contributed by atoms with van der Waals surface area (Å²) >= 11 is 0. The molecule has 0 saturated carbocycles. The van der Waals surface area contributed by atoms with Crippen LogP contribution >= 0.6 is 0 Å². The van der Waals surface area contributed by atoms with Crippen molar-refractivity contribution in [3.05, 3.63) is 77.9 Å². The molecule has 0 aliphatic rings. The second-order valence-electron chi connectivity index (χ2n) is 6.01. The number of nitrogens with one attached hydrogen (secondary N) is 1. The van der Waals surface area contributed by atoms with E-state index in [9.17, 15) is 9.59 Å². The van der Waals surface area contributed by atoms with Gasteiger partial charge in [0.2, 0.25) is 0 Å². The van der Waals surface area contributed by atoms with Crippen molar-refractivity contribution in [2.75, 3.05) is 19.5 Å². The number of rotatable bonds is 6.